The fraction of sp³-hybridized carbons (Fsp3) is 0.250. The van der Waals surface area contributed by atoms with Gasteiger partial charge in [-0.2, -0.15) is 0 Å². The van der Waals surface area contributed by atoms with Crippen LogP contribution in [-0.2, 0) is 6.61 Å². The topological polar surface area (TPSA) is 78.4 Å². The van der Waals surface area contributed by atoms with Crippen LogP contribution in [0.3, 0.4) is 0 Å². The summed E-state index contributed by atoms with van der Waals surface area (Å²) in [5, 5.41) is 10.6. The van der Waals surface area contributed by atoms with Gasteiger partial charge in [-0.15, -0.1) is 0 Å². The van der Waals surface area contributed by atoms with Crippen LogP contribution in [0.15, 0.2) is 42.5 Å². The summed E-state index contributed by atoms with van der Waals surface area (Å²) in [5.74, 6) is 0.790. The zero-order valence-corrected chi connectivity index (χ0v) is 12.1. The van der Waals surface area contributed by atoms with Gasteiger partial charge in [0.05, 0.1) is 4.92 Å². The molecule has 110 valence electrons. The SMILES string of the molecule is Cc1cc(C(C)N)ccc1OCc1ccc([N+](=O)[O-])cc1. The number of nitrogens with two attached hydrogens (primary N) is 1. The molecule has 0 amide bonds. The van der Waals surface area contributed by atoms with Crippen molar-refractivity contribution in [1.29, 1.82) is 0 Å². The Morgan fingerprint density at radius 2 is 1.90 bits per heavy atom. The molecule has 1 unspecified atom stereocenters. The number of hydrogen-bond acceptors (Lipinski definition) is 4. The maximum Gasteiger partial charge on any atom is 0.269 e. The molecule has 0 heterocycles. The van der Waals surface area contributed by atoms with Gasteiger partial charge in [-0.25, -0.2) is 0 Å². The number of hydrogen-bond donors (Lipinski definition) is 1. The lowest BCUT2D eigenvalue weighted by Gasteiger charge is -2.12. The number of non-ortho nitro benzene ring substituents is 1. The third-order valence-electron chi connectivity index (χ3n) is 3.27. The molecule has 2 N–H and O–H groups in total. The molecule has 0 aliphatic carbocycles. The fourth-order valence-corrected chi connectivity index (χ4v) is 1.99. The Hall–Kier alpha value is -2.40. The van der Waals surface area contributed by atoms with Gasteiger partial charge in [0, 0.05) is 18.2 Å². The van der Waals surface area contributed by atoms with Gasteiger partial charge in [-0.05, 0) is 48.7 Å². The van der Waals surface area contributed by atoms with E-state index < -0.39 is 4.92 Å². The zero-order chi connectivity index (χ0) is 15.4. The van der Waals surface area contributed by atoms with E-state index in [0.29, 0.717) is 6.61 Å². The van der Waals surface area contributed by atoms with Gasteiger partial charge in [-0.1, -0.05) is 12.1 Å². The van der Waals surface area contributed by atoms with Gasteiger partial charge in [0.2, 0.25) is 0 Å². The lowest BCUT2D eigenvalue weighted by molar-refractivity contribution is -0.384. The first-order chi connectivity index (χ1) is 9.97. The van der Waals surface area contributed by atoms with Crippen LogP contribution >= 0.6 is 0 Å². The first-order valence-corrected chi connectivity index (χ1v) is 6.69. The van der Waals surface area contributed by atoms with E-state index in [1.54, 1.807) is 12.1 Å². The molecule has 0 radical (unpaired) electrons. The minimum atomic E-state index is -0.415. The van der Waals surface area contributed by atoms with E-state index in [1.807, 2.05) is 32.0 Å². The molecule has 2 aromatic carbocycles. The quantitative estimate of drug-likeness (QED) is 0.674. The summed E-state index contributed by atoms with van der Waals surface area (Å²) in [7, 11) is 0. The fourth-order valence-electron chi connectivity index (χ4n) is 1.99. The highest BCUT2D eigenvalue weighted by molar-refractivity contribution is 5.38. The van der Waals surface area contributed by atoms with E-state index in [0.717, 1.165) is 22.4 Å². The third kappa shape index (κ3) is 3.79. The molecule has 0 bridgehead atoms. The van der Waals surface area contributed by atoms with E-state index >= 15 is 0 Å². The van der Waals surface area contributed by atoms with Gasteiger partial charge in [0.1, 0.15) is 12.4 Å². The lowest BCUT2D eigenvalue weighted by atomic mass is 10.1. The molecule has 0 saturated carbocycles. The maximum atomic E-state index is 10.6. The Kier molecular flexibility index (Phi) is 4.55. The van der Waals surface area contributed by atoms with Crippen LogP contribution < -0.4 is 10.5 Å². The number of nitro benzene ring substituents is 1. The van der Waals surface area contributed by atoms with Gasteiger partial charge in [0.25, 0.3) is 5.69 Å². The van der Waals surface area contributed by atoms with Crippen molar-refractivity contribution in [3.8, 4) is 5.75 Å². The molecule has 2 rings (SSSR count). The molecule has 0 aliphatic heterocycles. The second-order valence-electron chi connectivity index (χ2n) is 5.03. The summed E-state index contributed by atoms with van der Waals surface area (Å²) < 4.78 is 5.75. The van der Waals surface area contributed by atoms with Crippen molar-refractivity contribution in [3.63, 3.8) is 0 Å². The van der Waals surface area contributed by atoms with Crippen LogP contribution in [-0.4, -0.2) is 4.92 Å². The average molecular weight is 286 g/mol. The summed E-state index contributed by atoms with van der Waals surface area (Å²) in [6.07, 6.45) is 0. The predicted molar refractivity (Wildman–Crippen MR) is 81.2 cm³/mol. The number of aryl methyl sites for hydroxylation is 1. The highest BCUT2D eigenvalue weighted by atomic mass is 16.6. The Balaban J connectivity index is 2.04. The molecule has 0 spiro atoms. The van der Waals surface area contributed by atoms with Crippen LogP contribution in [0.25, 0.3) is 0 Å². The molecule has 5 heteroatoms. The van der Waals surface area contributed by atoms with E-state index in [9.17, 15) is 10.1 Å². The zero-order valence-electron chi connectivity index (χ0n) is 12.1. The number of nitro groups is 1. The lowest BCUT2D eigenvalue weighted by Crippen LogP contribution is -2.05. The maximum absolute atomic E-state index is 10.6. The molecule has 21 heavy (non-hydrogen) atoms. The molecule has 0 saturated heterocycles. The van der Waals surface area contributed by atoms with E-state index in [4.69, 9.17) is 10.5 Å². The van der Waals surface area contributed by atoms with Crippen molar-refractivity contribution in [1.82, 2.24) is 0 Å². The Bertz CT molecular complexity index is 636. The van der Waals surface area contributed by atoms with E-state index in [1.165, 1.54) is 12.1 Å². The molecule has 0 aliphatic rings. The van der Waals surface area contributed by atoms with Crippen molar-refractivity contribution in [2.24, 2.45) is 5.73 Å². The van der Waals surface area contributed by atoms with Crippen LogP contribution in [0.5, 0.6) is 5.75 Å². The van der Waals surface area contributed by atoms with Crippen molar-refractivity contribution in [3.05, 3.63) is 69.3 Å². The largest absolute Gasteiger partial charge is 0.489 e. The molecule has 0 fully saturated rings. The molecular weight excluding hydrogens is 268 g/mol. The summed E-state index contributed by atoms with van der Waals surface area (Å²) in [4.78, 5) is 10.2. The second kappa shape index (κ2) is 6.37. The van der Waals surface area contributed by atoms with Crippen molar-refractivity contribution < 1.29 is 9.66 Å². The second-order valence-corrected chi connectivity index (χ2v) is 5.03. The third-order valence-corrected chi connectivity index (χ3v) is 3.27. The normalized spacial score (nSPS) is 12.0. The first-order valence-electron chi connectivity index (χ1n) is 6.69. The summed E-state index contributed by atoms with van der Waals surface area (Å²) in [6, 6.07) is 12.2. The summed E-state index contributed by atoms with van der Waals surface area (Å²) in [6.45, 7) is 4.28. The van der Waals surface area contributed by atoms with Crippen LogP contribution in [0, 0.1) is 17.0 Å². The number of rotatable bonds is 5. The van der Waals surface area contributed by atoms with E-state index in [-0.39, 0.29) is 11.7 Å². The van der Waals surface area contributed by atoms with Crippen molar-refractivity contribution in [2.45, 2.75) is 26.5 Å². The average Bonchev–Trinajstić information content (AvgIpc) is 2.46. The van der Waals surface area contributed by atoms with Gasteiger partial charge >= 0.3 is 0 Å². The minimum absolute atomic E-state index is 0.00702. The Morgan fingerprint density at radius 3 is 2.43 bits per heavy atom. The van der Waals surface area contributed by atoms with Crippen molar-refractivity contribution >= 4 is 5.69 Å². The standard InChI is InChI=1S/C16H18N2O3/c1-11-9-14(12(2)17)5-8-16(11)21-10-13-3-6-15(7-4-13)18(19)20/h3-9,12H,10,17H2,1-2H3. The molecule has 1 atom stereocenters. The smallest absolute Gasteiger partial charge is 0.269 e. The highest BCUT2D eigenvalue weighted by Crippen LogP contribution is 2.23. The predicted octanol–water partition coefficient (Wildman–Crippen LogP) is 3.50. The molecular formula is C16H18N2O3. The molecule has 0 aromatic heterocycles. The highest BCUT2D eigenvalue weighted by Gasteiger charge is 2.06. The number of benzene rings is 2. The number of nitrogens with zero attached hydrogens (tertiary/aromatic N) is 1. The van der Waals surface area contributed by atoms with Gasteiger partial charge in [0.15, 0.2) is 0 Å². The summed E-state index contributed by atoms with van der Waals surface area (Å²) in [5.41, 5.74) is 8.89. The van der Waals surface area contributed by atoms with Crippen molar-refractivity contribution in [2.75, 3.05) is 0 Å². The van der Waals surface area contributed by atoms with E-state index in [2.05, 4.69) is 0 Å². The van der Waals surface area contributed by atoms with Crippen LogP contribution in [0.2, 0.25) is 0 Å². The minimum Gasteiger partial charge on any atom is -0.489 e. The van der Waals surface area contributed by atoms with Crippen LogP contribution in [0.4, 0.5) is 5.69 Å². The molecule has 2 aromatic rings. The first kappa shape index (κ1) is 15.0. The monoisotopic (exact) mass is 286 g/mol. The Morgan fingerprint density at radius 1 is 1.24 bits per heavy atom. The van der Waals surface area contributed by atoms with Gasteiger partial charge in [-0.3, -0.25) is 10.1 Å². The van der Waals surface area contributed by atoms with Gasteiger partial charge < -0.3 is 10.5 Å². The number of ether oxygens (including phenoxy) is 1. The van der Waals surface area contributed by atoms with Crippen LogP contribution in [0.1, 0.15) is 29.7 Å². The molecule has 5 nitrogen and oxygen atoms in total. The summed E-state index contributed by atoms with van der Waals surface area (Å²) >= 11 is 0. The Labute approximate surface area is 123 Å².